The number of allylic oxidation sites excluding steroid dienone is 2. The Morgan fingerprint density at radius 1 is 0.712 bits per heavy atom. The predicted octanol–water partition coefficient (Wildman–Crippen LogP) is 15.0. The topological polar surface area (TPSA) is 26.0 Å². The lowest BCUT2D eigenvalue weighted by Crippen LogP contribution is -2.45. The van der Waals surface area contributed by atoms with Gasteiger partial charge in [-0.15, -0.1) is 58.5 Å². The first kappa shape index (κ1) is 37.0. The van der Waals surface area contributed by atoms with Gasteiger partial charge in [-0.05, 0) is 133 Å². The Morgan fingerprint density at radius 2 is 1.33 bits per heavy atom. The van der Waals surface area contributed by atoms with E-state index < -0.39 is 5.41 Å². The Balaban J connectivity index is 1.23. The van der Waals surface area contributed by atoms with Gasteiger partial charge in [0.05, 0.1) is 0 Å². The molecule has 0 bridgehead atoms. The van der Waals surface area contributed by atoms with E-state index in [9.17, 15) is 0 Å². The molecule has 1 nitrogen and oxygen atoms in total. The van der Waals surface area contributed by atoms with Gasteiger partial charge >= 0.3 is 0 Å². The lowest BCUT2D eigenvalue weighted by Gasteiger charge is -2.49. The summed E-state index contributed by atoms with van der Waals surface area (Å²) in [4.78, 5) is 11.0. The number of benzene rings is 2. The number of fused-ring (bicyclic) bond motifs is 3. The third kappa shape index (κ3) is 5.88. The van der Waals surface area contributed by atoms with Gasteiger partial charge in [-0.3, -0.25) is 0 Å². The smallest absolute Gasteiger partial charge is 0.0478 e. The van der Waals surface area contributed by atoms with E-state index in [0.717, 1.165) is 6.42 Å². The SMILES string of the molecule is C=CC1(C=C)c2cc(-c3cc(C)c(-c4ccc(-c5ccc(-c6sc(C)c(CCCC)c6C)s5)s4)s3)ccc2-c2ccc(C(C)(N)CC)cc2C1(C)C. The van der Waals surface area contributed by atoms with E-state index >= 15 is 0 Å². The van der Waals surface area contributed by atoms with Crippen molar-refractivity contribution in [1.82, 2.24) is 0 Å². The standard InChI is InChI=1S/C47H51NS4/c1-11-15-16-33-29(6)44(49-30(33)7)41-24-22-39(51-41)38-21-23-40(50-38)43-28(5)25-42(52-43)31-17-19-35-34-20-18-32(46(10,48)12-2)27-36(34)45(8,9)47(13-3,14-4)37(35)26-31/h13-14,17-27H,3-4,11-12,15-16,48H2,1-2,5-10H3. The van der Waals surface area contributed by atoms with Crippen LogP contribution in [-0.4, -0.2) is 0 Å². The molecule has 268 valence electrons. The first-order valence-electron chi connectivity index (χ1n) is 18.6. The summed E-state index contributed by atoms with van der Waals surface area (Å²) in [5.41, 5.74) is 17.5. The molecule has 0 saturated carbocycles. The third-order valence-corrected chi connectivity index (χ3v) is 17.1. The maximum atomic E-state index is 6.77. The van der Waals surface area contributed by atoms with Gasteiger partial charge in [-0.1, -0.05) is 76.6 Å². The Labute approximate surface area is 327 Å². The van der Waals surface area contributed by atoms with Crippen LogP contribution in [0.25, 0.3) is 50.8 Å². The minimum absolute atomic E-state index is 0.277. The first-order chi connectivity index (χ1) is 24.8. The largest absolute Gasteiger partial charge is 0.322 e. The van der Waals surface area contributed by atoms with E-state index in [1.54, 1.807) is 5.56 Å². The molecule has 2 N–H and O–H groups in total. The lowest BCUT2D eigenvalue weighted by molar-refractivity contribution is 0.375. The summed E-state index contributed by atoms with van der Waals surface area (Å²) in [5.74, 6) is 0. The maximum Gasteiger partial charge on any atom is 0.0478 e. The number of nitrogens with two attached hydrogens (primary N) is 1. The molecule has 1 aliphatic rings. The Hall–Kier alpha value is -3.32. The first-order valence-corrected chi connectivity index (χ1v) is 21.8. The van der Waals surface area contributed by atoms with Crippen molar-refractivity contribution in [2.75, 3.05) is 0 Å². The summed E-state index contributed by atoms with van der Waals surface area (Å²) in [6, 6.07) is 25.5. The molecule has 5 heteroatoms. The molecule has 4 heterocycles. The molecule has 0 fully saturated rings. The molecule has 0 amide bonds. The number of thiophene rings is 4. The second-order valence-corrected chi connectivity index (χ2v) is 19.8. The van der Waals surface area contributed by atoms with Crippen LogP contribution >= 0.6 is 45.3 Å². The van der Waals surface area contributed by atoms with E-state index in [1.165, 1.54) is 103 Å². The van der Waals surface area contributed by atoms with Gasteiger partial charge in [0, 0.05) is 55.4 Å². The summed E-state index contributed by atoms with van der Waals surface area (Å²) in [6.07, 6.45) is 8.78. The summed E-state index contributed by atoms with van der Waals surface area (Å²) in [5, 5.41) is 0. The molecule has 7 rings (SSSR count). The molecule has 1 atom stereocenters. The van der Waals surface area contributed by atoms with Gasteiger partial charge < -0.3 is 5.73 Å². The Morgan fingerprint density at radius 3 is 1.96 bits per heavy atom. The highest BCUT2D eigenvalue weighted by molar-refractivity contribution is 7.29. The minimum atomic E-state index is -0.448. The van der Waals surface area contributed by atoms with Crippen LogP contribution in [0.2, 0.25) is 0 Å². The maximum absolute atomic E-state index is 6.77. The molecule has 0 spiro atoms. The van der Waals surface area contributed by atoms with Crippen molar-refractivity contribution < 1.29 is 0 Å². The van der Waals surface area contributed by atoms with E-state index in [0.29, 0.717) is 0 Å². The molecule has 6 aromatic rings. The van der Waals surface area contributed by atoms with Crippen molar-refractivity contribution in [2.45, 2.75) is 97.4 Å². The van der Waals surface area contributed by atoms with Gasteiger partial charge in [-0.2, -0.15) is 0 Å². The van der Waals surface area contributed by atoms with Crippen LogP contribution in [0.15, 0.2) is 92.0 Å². The van der Waals surface area contributed by atoms with Crippen molar-refractivity contribution in [3.8, 4) is 50.8 Å². The van der Waals surface area contributed by atoms with Crippen LogP contribution in [0.5, 0.6) is 0 Å². The zero-order valence-corrected chi connectivity index (χ0v) is 35.2. The van der Waals surface area contributed by atoms with Gasteiger partial charge in [0.15, 0.2) is 0 Å². The fourth-order valence-electron chi connectivity index (χ4n) is 8.20. The second kappa shape index (κ2) is 13.8. The zero-order valence-electron chi connectivity index (χ0n) is 32.0. The van der Waals surface area contributed by atoms with Crippen LogP contribution in [0.4, 0.5) is 0 Å². The molecule has 0 saturated heterocycles. The number of rotatable bonds is 11. The number of hydrogen-bond donors (Lipinski definition) is 1. The normalized spacial score (nSPS) is 15.6. The van der Waals surface area contributed by atoms with Gasteiger partial charge in [0.25, 0.3) is 0 Å². The van der Waals surface area contributed by atoms with Crippen molar-refractivity contribution >= 4 is 45.3 Å². The van der Waals surface area contributed by atoms with Crippen molar-refractivity contribution in [3.05, 3.63) is 130 Å². The second-order valence-electron chi connectivity index (χ2n) is 15.3. The summed E-state index contributed by atoms with van der Waals surface area (Å²) in [7, 11) is 0. The highest BCUT2D eigenvalue weighted by atomic mass is 32.1. The van der Waals surface area contributed by atoms with Gasteiger partial charge in [0.2, 0.25) is 0 Å². The summed E-state index contributed by atoms with van der Waals surface area (Å²) >= 11 is 7.70. The molecule has 0 aliphatic heterocycles. The lowest BCUT2D eigenvalue weighted by atomic mass is 9.53. The van der Waals surface area contributed by atoms with Gasteiger partial charge in [-0.25, -0.2) is 0 Å². The summed E-state index contributed by atoms with van der Waals surface area (Å²) < 4.78 is 0. The molecule has 4 aromatic heterocycles. The van der Waals surface area contributed by atoms with Crippen LogP contribution < -0.4 is 5.73 Å². The third-order valence-electron chi connectivity index (χ3n) is 11.9. The van der Waals surface area contributed by atoms with E-state index in [1.807, 2.05) is 45.3 Å². The predicted molar refractivity (Wildman–Crippen MR) is 235 cm³/mol. The molecule has 2 aromatic carbocycles. The molecule has 52 heavy (non-hydrogen) atoms. The van der Waals surface area contributed by atoms with E-state index in [-0.39, 0.29) is 11.0 Å². The quantitative estimate of drug-likeness (QED) is 0.131. The molecule has 1 aliphatic carbocycles. The highest BCUT2D eigenvalue weighted by Crippen LogP contribution is 2.57. The van der Waals surface area contributed by atoms with Crippen LogP contribution in [0, 0.1) is 20.8 Å². The van der Waals surface area contributed by atoms with Crippen LogP contribution in [0.3, 0.4) is 0 Å². The van der Waals surface area contributed by atoms with Crippen molar-refractivity contribution in [1.29, 1.82) is 0 Å². The van der Waals surface area contributed by atoms with Gasteiger partial charge in [0.1, 0.15) is 0 Å². The van der Waals surface area contributed by atoms with E-state index in [2.05, 4.69) is 147 Å². The Kier molecular flexibility index (Phi) is 9.84. The van der Waals surface area contributed by atoms with Crippen LogP contribution in [-0.2, 0) is 22.8 Å². The highest BCUT2D eigenvalue weighted by Gasteiger charge is 2.49. The van der Waals surface area contributed by atoms with Crippen molar-refractivity contribution in [3.63, 3.8) is 0 Å². The summed E-state index contributed by atoms with van der Waals surface area (Å²) in [6.45, 7) is 26.9. The molecule has 0 radical (unpaired) electrons. The fraction of sp³-hybridized carbons (Fsp3) is 0.319. The fourth-order valence-corrected chi connectivity index (χ4v) is 13.0. The molecular formula is C47H51NS4. The van der Waals surface area contributed by atoms with Crippen molar-refractivity contribution in [2.24, 2.45) is 5.73 Å². The number of aryl methyl sites for hydroxylation is 2. The zero-order chi connectivity index (χ0) is 37.2. The van der Waals surface area contributed by atoms with E-state index in [4.69, 9.17) is 5.73 Å². The Bertz CT molecular complexity index is 2300. The number of unbranched alkanes of at least 4 members (excludes halogenated alkanes) is 1. The molecular weight excluding hydrogens is 707 g/mol. The average Bonchev–Trinajstić information content (AvgIpc) is 3.94. The molecule has 1 unspecified atom stereocenters. The van der Waals surface area contributed by atoms with Crippen LogP contribution in [0.1, 0.15) is 92.1 Å². The number of hydrogen-bond acceptors (Lipinski definition) is 5. The minimum Gasteiger partial charge on any atom is -0.322 e. The monoisotopic (exact) mass is 757 g/mol. The average molecular weight is 758 g/mol.